The first kappa shape index (κ1) is 11.3. The number of benzene rings is 1. The molecule has 1 aromatic rings. The third-order valence-corrected chi connectivity index (χ3v) is 3.02. The molecule has 1 N–H and O–H groups in total. The van der Waals surface area contributed by atoms with Crippen LogP contribution in [0.4, 0.5) is 0 Å². The van der Waals surface area contributed by atoms with E-state index in [9.17, 15) is 0 Å². The van der Waals surface area contributed by atoms with E-state index in [1.807, 2.05) is 24.3 Å². The molecule has 0 aliphatic carbocycles. The SMILES string of the molecule is COc1ccc(OCCC2CCNC2)cc1. The van der Waals surface area contributed by atoms with Gasteiger partial charge in [0.05, 0.1) is 13.7 Å². The van der Waals surface area contributed by atoms with E-state index in [-0.39, 0.29) is 0 Å². The highest BCUT2D eigenvalue weighted by Crippen LogP contribution is 2.18. The molecule has 1 atom stereocenters. The van der Waals surface area contributed by atoms with Crippen molar-refractivity contribution in [3.8, 4) is 11.5 Å². The average Bonchev–Trinajstić information content (AvgIpc) is 2.83. The largest absolute Gasteiger partial charge is 0.497 e. The third kappa shape index (κ3) is 3.14. The Morgan fingerprint density at radius 1 is 1.25 bits per heavy atom. The second kappa shape index (κ2) is 5.75. The molecular formula is C13H19NO2. The Kier molecular flexibility index (Phi) is 4.05. The van der Waals surface area contributed by atoms with Crippen molar-refractivity contribution in [1.29, 1.82) is 0 Å². The van der Waals surface area contributed by atoms with E-state index >= 15 is 0 Å². The lowest BCUT2D eigenvalue weighted by Gasteiger charge is -2.10. The van der Waals surface area contributed by atoms with Gasteiger partial charge in [-0.05, 0) is 56.1 Å². The number of nitrogens with one attached hydrogen (secondary N) is 1. The summed E-state index contributed by atoms with van der Waals surface area (Å²) in [5.74, 6) is 2.58. The van der Waals surface area contributed by atoms with E-state index in [1.54, 1.807) is 7.11 Å². The van der Waals surface area contributed by atoms with Crippen LogP contribution in [0.5, 0.6) is 11.5 Å². The third-order valence-electron chi connectivity index (χ3n) is 3.02. The van der Waals surface area contributed by atoms with Gasteiger partial charge in [0.1, 0.15) is 11.5 Å². The van der Waals surface area contributed by atoms with E-state index in [1.165, 1.54) is 6.42 Å². The van der Waals surface area contributed by atoms with Crippen molar-refractivity contribution in [2.45, 2.75) is 12.8 Å². The zero-order valence-electron chi connectivity index (χ0n) is 9.74. The maximum absolute atomic E-state index is 5.68. The first-order chi connectivity index (χ1) is 7.88. The van der Waals surface area contributed by atoms with E-state index in [0.29, 0.717) is 0 Å². The smallest absolute Gasteiger partial charge is 0.119 e. The number of ether oxygens (including phenoxy) is 2. The molecule has 1 aliphatic rings. The van der Waals surface area contributed by atoms with E-state index < -0.39 is 0 Å². The highest BCUT2D eigenvalue weighted by molar-refractivity contribution is 5.31. The van der Waals surface area contributed by atoms with E-state index in [0.717, 1.165) is 43.5 Å². The first-order valence-corrected chi connectivity index (χ1v) is 5.86. The van der Waals surface area contributed by atoms with Gasteiger partial charge in [-0.1, -0.05) is 0 Å². The Balaban J connectivity index is 1.71. The molecule has 16 heavy (non-hydrogen) atoms. The summed E-state index contributed by atoms with van der Waals surface area (Å²) < 4.78 is 10.8. The van der Waals surface area contributed by atoms with Gasteiger partial charge in [-0.15, -0.1) is 0 Å². The molecule has 0 amide bonds. The van der Waals surface area contributed by atoms with E-state index in [2.05, 4.69) is 5.32 Å². The summed E-state index contributed by atoms with van der Waals surface area (Å²) in [7, 11) is 1.67. The lowest BCUT2D eigenvalue weighted by molar-refractivity contribution is 0.283. The minimum absolute atomic E-state index is 0.790. The Labute approximate surface area is 96.8 Å². The highest BCUT2D eigenvalue weighted by Gasteiger charge is 2.13. The van der Waals surface area contributed by atoms with Crippen LogP contribution in [0.15, 0.2) is 24.3 Å². The van der Waals surface area contributed by atoms with Gasteiger partial charge in [-0.25, -0.2) is 0 Å². The lowest BCUT2D eigenvalue weighted by Crippen LogP contribution is -2.11. The molecule has 0 radical (unpaired) electrons. The van der Waals surface area contributed by atoms with Crippen molar-refractivity contribution in [2.75, 3.05) is 26.8 Å². The molecule has 0 aromatic heterocycles. The van der Waals surface area contributed by atoms with Crippen LogP contribution in [0.1, 0.15) is 12.8 Å². The summed E-state index contributed by atoms with van der Waals surface area (Å²) in [6.07, 6.45) is 2.42. The van der Waals surface area contributed by atoms with Gasteiger partial charge in [0.2, 0.25) is 0 Å². The highest BCUT2D eigenvalue weighted by atomic mass is 16.5. The quantitative estimate of drug-likeness (QED) is 0.825. The standard InChI is InChI=1S/C13H19NO2/c1-15-12-2-4-13(5-3-12)16-9-7-11-6-8-14-10-11/h2-5,11,14H,6-10H2,1H3. The molecule has 1 unspecified atom stereocenters. The van der Waals surface area contributed by atoms with Crippen molar-refractivity contribution in [2.24, 2.45) is 5.92 Å². The van der Waals surface area contributed by atoms with Crippen molar-refractivity contribution < 1.29 is 9.47 Å². The van der Waals surface area contributed by atoms with Crippen LogP contribution in [0.2, 0.25) is 0 Å². The summed E-state index contributed by atoms with van der Waals surface area (Å²) in [4.78, 5) is 0. The van der Waals surface area contributed by atoms with Crippen LogP contribution in [0, 0.1) is 5.92 Å². The molecule has 1 aliphatic heterocycles. The minimum atomic E-state index is 0.790. The van der Waals surface area contributed by atoms with Crippen molar-refractivity contribution in [3.63, 3.8) is 0 Å². The van der Waals surface area contributed by atoms with Crippen molar-refractivity contribution in [1.82, 2.24) is 5.32 Å². The zero-order chi connectivity index (χ0) is 11.2. The van der Waals surface area contributed by atoms with Crippen LogP contribution >= 0.6 is 0 Å². The summed E-state index contributed by atoms with van der Waals surface area (Å²) in [5, 5.41) is 3.36. The lowest BCUT2D eigenvalue weighted by atomic mass is 10.1. The van der Waals surface area contributed by atoms with Crippen LogP contribution in [0.25, 0.3) is 0 Å². The fourth-order valence-electron chi connectivity index (χ4n) is 1.98. The molecule has 0 saturated carbocycles. The normalized spacial score (nSPS) is 19.7. The van der Waals surface area contributed by atoms with Gasteiger partial charge in [0, 0.05) is 0 Å². The predicted molar refractivity (Wildman–Crippen MR) is 64.1 cm³/mol. The summed E-state index contributed by atoms with van der Waals surface area (Å²) in [6.45, 7) is 3.11. The topological polar surface area (TPSA) is 30.5 Å². The fraction of sp³-hybridized carbons (Fsp3) is 0.538. The zero-order valence-corrected chi connectivity index (χ0v) is 9.74. The van der Waals surface area contributed by atoms with Crippen molar-refractivity contribution in [3.05, 3.63) is 24.3 Å². The molecule has 1 heterocycles. The van der Waals surface area contributed by atoms with Crippen molar-refractivity contribution >= 4 is 0 Å². The van der Waals surface area contributed by atoms with Gasteiger partial charge in [0.15, 0.2) is 0 Å². The van der Waals surface area contributed by atoms with Crippen LogP contribution in [0.3, 0.4) is 0 Å². The molecule has 0 spiro atoms. The fourth-order valence-corrected chi connectivity index (χ4v) is 1.98. The van der Waals surface area contributed by atoms with E-state index in [4.69, 9.17) is 9.47 Å². The Morgan fingerprint density at radius 3 is 2.62 bits per heavy atom. The maximum atomic E-state index is 5.68. The van der Waals surface area contributed by atoms with Crippen LogP contribution in [-0.2, 0) is 0 Å². The first-order valence-electron chi connectivity index (χ1n) is 5.86. The van der Waals surface area contributed by atoms with Gasteiger partial charge < -0.3 is 14.8 Å². The van der Waals surface area contributed by atoms with Gasteiger partial charge >= 0.3 is 0 Å². The number of hydrogen-bond acceptors (Lipinski definition) is 3. The predicted octanol–water partition coefficient (Wildman–Crippen LogP) is 2.07. The monoisotopic (exact) mass is 221 g/mol. The summed E-state index contributed by atoms with van der Waals surface area (Å²) in [6, 6.07) is 7.75. The summed E-state index contributed by atoms with van der Waals surface area (Å²) in [5.41, 5.74) is 0. The van der Waals surface area contributed by atoms with Crippen LogP contribution < -0.4 is 14.8 Å². The molecule has 88 valence electrons. The molecule has 1 aromatic carbocycles. The van der Waals surface area contributed by atoms with Crippen LogP contribution in [-0.4, -0.2) is 26.8 Å². The second-order valence-corrected chi connectivity index (χ2v) is 4.17. The molecule has 1 saturated heterocycles. The van der Waals surface area contributed by atoms with Gasteiger partial charge in [-0.2, -0.15) is 0 Å². The minimum Gasteiger partial charge on any atom is -0.497 e. The number of methoxy groups -OCH3 is 1. The average molecular weight is 221 g/mol. The van der Waals surface area contributed by atoms with Gasteiger partial charge in [0.25, 0.3) is 0 Å². The number of hydrogen-bond donors (Lipinski definition) is 1. The molecule has 0 bridgehead atoms. The Hall–Kier alpha value is -1.22. The Morgan fingerprint density at radius 2 is 2.00 bits per heavy atom. The number of rotatable bonds is 5. The Bertz CT molecular complexity index is 304. The second-order valence-electron chi connectivity index (χ2n) is 4.17. The molecule has 1 fully saturated rings. The summed E-state index contributed by atoms with van der Waals surface area (Å²) >= 11 is 0. The molecule has 3 heteroatoms. The molecular weight excluding hydrogens is 202 g/mol. The maximum Gasteiger partial charge on any atom is 0.119 e. The molecule has 2 rings (SSSR count). The molecule has 3 nitrogen and oxygen atoms in total. The van der Waals surface area contributed by atoms with Gasteiger partial charge in [-0.3, -0.25) is 0 Å².